The minimum Gasteiger partial charge on any atom is -0.336 e. The molecule has 0 atom stereocenters. The molecule has 0 radical (unpaired) electrons. The van der Waals surface area contributed by atoms with E-state index in [-0.39, 0.29) is 24.8 Å². The van der Waals surface area contributed by atoms with Gasteiger partial charge in [-0.15, -0.1) is 11.3 Å². The molecule has 0 saturated carbocycles. The highest BCUT2D eigenvalue weighted by Gasteiger charge is 2.16. The monoisotopic (exact) mass is 471 g/mol. The minimum absolute atomic E-state index is 0.0106. The van der Waals surface area contributed by atoms with Crippen LogP contribution in [-0.4, -0.2) is 35.3 Å². The van der Waals surface area contributed by atoms with Crippen molar-refractivity contribution in [3.63, 3.8) is 0 Å². The van der Waals surface area contributed by atoms with Crippen molar-refractivity contribution in [2.75, 3.05) is 18.9 Å². The molecule has 1 N–H and O–H groups in total. The predicted octanol–water partition coefficient (Wildman–Crippen LogP) is 4.83. The molecule has 0 saturated heterocycles. The number of carbonyl (C=O) groups excluding carboxylic acids is 2. The van der Waals surface area contributed by atoms with E-state index in [4.69, 9.17) is 0 Å². The number of anilines is 1. The molecular weight excluding hydrogens is 450 g/mol. The molecule has 0 fully saturated rings. The lowest BCUT2D eigenvalue weighted by Gasteiger charge is -2.17. The first-order valence-electron chi connectivity index (χ1n) is 9.13. The number of amides is 2. The van der Waals surface area contributed by atoms with Gasteiger partial charge in [0.05, 0.1) is 18.7 Å². The third-order valence-corrected chi connectivity index (χ3v) is 5.89. The molecule has 0 spiro atoms. The number of hydrogen-bond donors (Lipinski definition) is 1. The second-order valence-electron chi connectivity index (χ2n) is 6.94. The summed E-state index contributed by atoms with van der Waals surface area (Å²) in [5, 5.41) is 5.63. The molecule has 0 aliphatic rings. The van der Waals surface area contributed by atoms with Crippen LogP contribution in [-0.2, 0) is 16.0 Å². The summed E-state index contributed by atoms with van der Waals surface area (Å²) in [6, 6.07) is 13.8. The third-order valence-electron chi connectivity index (χ3n) is 4.45. The Balaban J connectivity index is 1.56. The highest BCUT2D eigenvalue weighted by Crippen LogP contribution is 2.24. The number of rotatable bonds is 6. The molecular formula is C22H22BrN3O2S. The molecule has 0 aliphatic heterocycles. The number of benzene rings is 2. The Morgan fingerprint density at radius 3 is 2.55 bits per heavy atom. The Morgan fingerprint density at radius 1 is 1.14 bits per heavy atom. The van der Waals surface area contributed by atoms with E-state index in [1.165, 1.54) is 21.8 Å². The van der Waals surface area contributed by atoms with Crippen LogP contribution in [0.5, 0.6) is 0 Å². The SMILES string of the molecule is Cc1ccc(-c2nc(CC(=O)N(C)CC(=O)Nc3ccc(Br)cc3C)cs2)cc1. The van der Waals surface area contributed by atoms with Gasteiger partial charge in [0.25, 0.3) is 0 Å². The molecule has 3 rings (SSSR count). The fraction of sp³-hybridized carbons (Fsp3) is 0.227. The Kier molecular flexibility index (Phi) is 6.82. The molecule has 150 valence electrons. The van der Waals surface area contributed by atoms with Crippen molar-refractivity contribution < 1.29 is 9.59 Å². The average molecular weight is 472 g/mol. The quantitative estimate of drug-likeness (QED) is 0.559. The summed E-state index contributed by atoms with van der Waals surface area (Å²) in [7, 11) is 1.63. The van der Waals surface area contributed by atoms with E-state index in [1.807, 2.05) is 61.7 Å². The van der Waals surface area contributed by atoms with Gasteiger partial charge in [-0.2, -0.15) is 0 Å². The number of nitrogens with one attached hydrogen (secondary N) is 1. The summed E-state index contributed by atoms with van der Waals surface area (Å²) in [4.78, 5) is 30.8. The van der Waals surface area contributed by atoms with Crippen molar-refractivity contribution in [2.45, 2.75) is 20.3 Å². The summed E-state index contributed by atoms with van der Waals surface area (Å²) < 4.78 is 0.952. The van der Waals surface area contributed by atoms with Gasteiger partial charge in [-0.1, -0.05) is 45.8 Å². The fourth-order valence-electron chi connectivity index (χ4n) is 2.77. The van der Waals surface area contributed by atoms with Crippen LogP contribution in [0.25, 0.3) is 10.6 Å². The van der Waals surface area contributed by atoms with Gasteiger partial charge in [-0.05, 0) is 37.6 Å². The lowest BCUT2D eigenvalue weighted by atomic mass is 10.2. The zero-order valence-corrected chi connectivity index (χ0v) is 18.9. The first kappa shape index (κ1) is 21.2. The van der Waals surface area contributed by atoms with Gasteiger partial charge < -0.3 is 10.2 Å². The highest BCUT2D eigenvalue weighted by atomic mass is 79.9. The van der Waals surface area contributed by atoms with Crippen molar-refractivity contribution in [1.29, 1.82) is 0 Å². The fourth-order valence-corrected chi connectivity index (χ4v) is 4.07. The van der Waals surface area contributed by atoms with E-state index in [9.17, 15) is 9.59 Å². The van der Waals surface area contributed by atoms with Gasteiger partial charge in [-0.25, -0.2) is 4.98 Å². The number of hydrogen-bond acceptors (Lipinski definition) is 4. The van der Waals surface area contributed by atoms with Crippen LogP contribution < -0.4 is 5.32 Å². The smallest absolute Gasteiger partial charge is 0.243 e. The summed E-state index contributed by atoms with van der Waals surface area (Å²) in [5.74, 6) is -0.377. The molecule has 29 heavy (non-hydrogen) atoms. The Labute approximate surface area is 182 Å². The van der Waals surface area contributed by atoms with Crippen molar-refractivity contribution >= 4 is 44.8 Å². The average Bonchev–Trinajstić information content (AvgIpc) is 3.13. The zero-order chi connectivity index (χ0) is 21.0. The maximum Gasteiger partial charge on any atom is 0.243 e. The first-order chi connectivity index (χ1) is 13.8. The van der Waals surface area contributed by atoms with Crippen molar-refractivity contribution in [2.24, 2.45) is 0 Å². The number of nitrogens with zero attached hydrogens (tertiary/aromatic N) is 2. The minimum atomic E-state index is -0.232. The van der Waals surface area contributed by atoms with Crippen molar-refractivity contribution in [1.82, 2.24) is 9.88 Å². The van der Waals surface area contributed by atoms with E-state index in [2.05, 4.69) is 26.2 Å². The van der Waals surface area contributed by atoms with Gasteiger partial charge >= 0.3 is 0 Å². The number of aromatic nitrogens is 1. The highest BCUT2D eigenvalue weighted by molar-refractivity contribution is 9.10. The maximum absolute atomic E-state index is 12.5. The lowest BCUT2D eigenvalue weighted by molar-refractivity contribution is -0.132. The molecule has 0 unspecified atom stereocenters. The lowest BCUT2D eigenvalue weighted by Crippen LogP contribution is -2.36. The largest absolute Gasteiger partial charge is 0.336 e. The normalized spacial score (nSPS) is 10.6. The Morgan fingerprint density at radius 2 is 1.86 bits per heavy atom. The maximum atomic E-state index is 12.5. The van der Waals surface area contributed by atoms with Crippen LogP contribution in [0, 0.1) is 13.8 Å². The van der Waals surface area contributed by atoms with Crippen molar-refractivity contribution in [3.8, 4) is 10.6 Å². The molecule has 0 aliphatic carbocycles. The van der Waals surface area contributed by atoms with Crippen LogP contribution in [0.3, 0.4) is 0 Å². The van der Waals surface area contributed by atoms with Gasteiger partial charge in [-0.3, -0.25) is 9.59 Å². The molecule has 5 nitrogen and oxygen atoms in total. The topological polar surface area (TPSA) is 62.3 Å². The summed E-state index contributed by atoms with van der Waals surface area (Å²) in [6.07, 6.45) is 0.170. The van der Waals surface area contributed by atoms with E-state index in [0.29, 0.717) is 5.69 Å². The molecule has 0 bridgehead atoms. The van der Waals surface area contributed by atoms with Crippen LogP contribution in [0.4, 0.5) is 5.69 Å². The molecule has 7 heteroatoms. The zero-order valence-electron chi connectivity index (χ0n) is 16.5. The standard InChI is InChI=1S/C22H22BrN3O2S/c1-14-4-6-16(7-5-14)22-24-18(13-29-22)11-21(28)26(3)12-20(27)25-19-9-8-17(23)10-15(19)2/h4-10,13H,11-12H2,1-3H3,(H,25,27). The molecule has 3 aromatic rings. The van der Waals surface area contributed by atoms with Crippen LogP contribution >= 0.6 is 27.3 Å². The predicted molar refractivity (Wildman–Crippen MR) is 121 cm³/mol. The van der Waals surface area contributed by atoms with Gasteiger partial charge in [0.15, 0.2) is 0 Å². The molecule has 1 heterocycles. The van der Waals surface area contributed by atoms with Crippen LogP contribution in [0.15, 0.2) is 52.3 Å². The Hall–Kier alpha value is -2.51. The second kappa shape index (κ2) is 9.33. The van der Waals surface area contributed by atoms with Crippen LogP contribution in [0.1, 0.15) is 16.8 Å². The second-order valence-corrected chi connectivity index (χ2v) is 8.72. The van der Waals surface area contributed by atoms with Gasteiger partial charge in [0.2, 0.25) is 11.8 Å². The molecule has 1 aromatic heterocycles. The van der Waals surface area contributed by atoms with Crippen molar-refractivity contribution in [3.05, 3.63) is 69.1 Å². The van der Waals surface area contributed by atoms with E-state index < -0.39 is 0 Å². The van der Waals surface area contributed by atoms with Gasteiger partial charge in [0.1, 0.15) is 5.01 Å². The van der Waals surface area contributed by atoms with Crippen LogP contribution in [0.2, 0.25) is 0 Å². The number of likely N-dealkylation sites (N-methyl/N-ethyl adjacent to an activating group) is 1. The molecule has 2 amide bonds. The number of thiazole rings is 1. The third kappa shape index (κ3) is 5.74. The first-order valence-corrected chi connectivity index (χ1v) is 10.8. The number of halogens is 1. The summed E-state index contributed by atoms with van der Waals surface area (Å²) in [5.41, 5.74) is 4.64. The summed E-state index contributed by atoms with van der Waals surface area (Å²) >= 11 is 4.92. The number of carbonyl (C=O) groups is 2. The summed E-state index contributed by atoms with van der Waals surface area (Å²) in [6.45, 7) is 3.95. The van der Waals surface area contributed by atoms with E-state index in [1.54, 1.807) is 7.05 Å². The number of aryl methyl sites for hydroxylation is 2. The molecule has 2 aromatic carbocycles. The van der Waals surface area contributed by atoms with Gasteiger partial charge in [0, 0.05) is 28.2 Å². The van der Waals surface area contributed by atoms with E-state index in [0.717, 1.165) is 26.3 Å². The Bertz CT molecular complexity index is 1030. The van der Waals surface area contributed by atoms with E-state index >= 15 is 0 Å².